The van der Waals surface area contributed by atoms with E-state index in [0.717, 1.165) is 22.6 Å². The number of rotatable bonds is 8. The summed E-state index contributed by atoms with van der Waals surface area (Å²) in [5.74, 6) is 2.11. The van der Waals surface area contributed by atoms with Gasteiger partial charge in [0, 0.05) is 24.6 Å². The summed E-state index contributed by atoms with van der Waals surface area (Å²) in [5, 5.41) is 7.39. The highest BCUT2D eigenvalue weighted by Crippen LogP contribution is 2.27. The number of carbonyl (C=O) groups is 2. The lowest BCUT2D eigenvalue weighted by molar-refractivity contribution is -0.119. The van der Waals surface area contributed by atoms with E-state index in [0.29, 0.717) is 49.5 Å². The van der Waals surface area contributed by atoms with E-state index >= 15 is 0 Å². The molecule has 1 aliphatic heterocycles. The molecule has 2 heterocycles. The Labute approximate surface area is 193 Å². The summed E-state index contributed by atoms with van der Waals surface area (Å²) in [6, 6.07) is 15.0. The Morgan fingerprint density at radius 1 is 1.03 bits per heavy atom. The van der Waals surface area contributed by atoms with Crippen molar-refractivity contribution >= 4 is 17.6 Å². The van der Waals surface area contributed by atoms with Crippen molar-refractivity contribution in [1.29, 1.82) is 0 Å². The van der Waals surface area contributed by atoms with Gasteiger partial charge in [0.2, 0.25) is 5.91 Å². The second kappa shape index (κ2) is 9.77. The lowest BCUT2D eigenvalue weighted by Crippen LogP contribution is -2.36. The number of nitrogens with one attached hydrogen (secondary N) is 1. The molecular weight excluding hydrogens is 420 g/mol. The molecule has 0 aliphatic carbocycles. The Bertz CT molecular complexity index is 1150. The van der Waals surface area contributed by atoms with E-state index in [1.54, 1.807) is 31.3 Å². The first-order valence-electron chi connectivity index (χ1n) is 10.9. The van der Waals surface area contributed by atoms with Gasteiger partial charge in [0.25, 0.3) is 5.91 Å². The van der Waals surface area contributed by atoms with Crippen molar-refractivity contribution in [2.45, 2.75) is 32.9 Å². The molecule has 0 radical (unpaired) electrons. The van der Waals surface area contributed by atoms with Crippen LogP contribution in [0.15, 0.2) is 48.5 Å². The Morgan fingerprint density at radius 2 is 1.76 bits per heavy atom. The van der Waals surface area contributed by atoms with E-state index in [4.69, 9.17) is 9.47 Å². The van der Waals surface area contributed by atoms with Crippen LogP contribution in [-0.4, -0.2) is 42.4 Å². The summed E-state index contributed by atoms with van der Waals surface area (Å²) in [6.45, 7) is 3.49. The molecule has 0 unspecified atom stereocenters. The van der Waals surface area contributed by atoms with Crippen molar-refractivity contribution in [2.75, 3.05) is 25.7 Å². The van der Waals surface area contributed by atoms with E-state index in [1.165, 1.54) is 0 Å². The van der Waals surface area contributed by atoms with Gasteiger partial charge in [-0.25, -0.2) is 4.68 Å². The second-order valence-corrected chi connectivity index (χ2v) is 7.99. The Balaban J connectivity index is 1.34. The van der Waals surface area contributed by atoms with Gasteiger partial charge in [-0.3, -0.25) is 14.5 Å². The molecule has 172 valence electrons. The molecule has 1 N–H and O–H groups in total. The highest BCUT2D eigenvalue weighted by Gasteiger charge is 2.25. The fourth-order valence-corrected chi connectivity index (χ4v) is 3.95. The zero-order chi connectivity index (χ0) is 23.4. The summed E-state index contributed by atoms with van der Waals surface area (Å²) in [6.07, 6.45) is 1.11. The van der Waals surface area contributed by atoms with Gasteiger partial charge in [0.15, 0.2) is 11.5 Å². The van der Waals surface area contributed by atoms with Crippen LogP contribution in [0.2, 0.25) is 0 Å². The lowest BCUT2D eigenvalue weighted by Gasteiger charge is -2.27. The molecule has 4 rings (SSSR count). The maximum atomic E-state index is 12.5. The third-order valence-corrected chi connectivity index (χ3v) is 5.70. The van der Waals surface area contributed by atoms with Gasteiger partial charge in [-0.2, -0.15) is 5.10 Å². The molecule has 0 saturated heterocycles. The molecule has 0 bridgehead atoms. The molecule has 0 spiro atoms. The molecule has 0 atom stereocenters. The minimum absolute atomic E-state index is 0.0828. The van der Waals surface area contributed by atoms with Gasteiger partial charge in [-0.15, -0.1) is 0 Å². The number of benzene rings is 2. The summed E-state index contributed by atoms with van der Waals surface area (Å²) in [4.78, 5) is 26.8. The highest BCUT2D eigenvalue weighted by atomic mass is 16.5. The quantitative estimate of drug-likeness (QED) is 0.572. The zero-order valence-electron chi connectivity index (χ0n) is 19.1. The summed E-state index contributed by atoms with van der Waals surface area (Å²) >= 11 is 0. The Kier molecular flexibility index (Phi) is 6.63. The molecular formula is C25H28N4O4. The van der Waals surface area contributed by atoms with Gasteiger partial charge < -0.3 is 14.8 Å². The predicted octanol–water partition coefficient (Wildman–Crippen LogP) is 3.12. The highest BCUT2D eigenvalue weighted by molar-refractivity contribution is 5.95. The van der Waals surface area contributed by atoms with Crippen molar-refractivity contribution in [1.82, 2.24) is 15.1 Å². The van der Waals surface area contributed by atoms with E-state index in [2.05, 4.69) is 10.4 Å². The number of aryl methyl sites for hydroxylation is 2. The predicted molar refractivity (Wildman–Crippen MR) is 125 cm³/mol. The van der Waals surface area contributed by atoms with Gasteiger partial charge in [0.1, 0.15) is 5.82 Å². The van der Waals surface area contributed by atoms with Crippen LogP contribution in [0, 0.1) is 6.92 Å². The van der Waals surface area contributed by atoms with Crippen LogP contribution >= 0.6 is 0 Å². The topological polar surface area (TPSA) is 85.7 Å². The monoisotopic (exact) mass is 448 g/mol. The molecule has 2 amide bonds. The fraction of sp³-hybridized carbons (Fsp3) is 0.320. The van der Waals surface area contributed by atoms with Crippen LogP contribution in [0.25, 0.3) is 0 Å². The second-order valence-electron chi connectivity index (χ2n) is 7.99. The molecule has 8 heteroatoms. The number of methoxy groups -OCH3 is 2. The summed E-state index contributed by atoms with van der Waals surface area (Å²) in [5.41, 5.74) is 3.48. The molecule has 33 heavy (non-hydrogen) atoms. The number of anilines is 1. The Hall–Kier alpha value is -3.81. The lowest BCUT2D eigenvalue weighted by atomic mass is 10.1. The normalized spacial score (nSPS) is 12.9. The van der Waals surface area contributed by atoms with E-state index in [-0.39, 0.29) is 11.8 Å². The van der Waals surface area contributed by atoms with Crippen LogP contribution in [0.3, 0.4) is 0 Å². The minimum atomic E-state index is -0.134. The van der Waals surface area contributed by atoms with E-state index in [9.17, 15) is 9.59 Å². The summed E-state index contributed by atoms with van der Waals surface area (Å²) < 4.78 is 12.4. The third-order valence-electron chi connectivity index (χ3n) is 5.70. The first-order chi connectivity index (χ1) is 16.0. The largest absolute Gasteiger partial charge is 0.493 e. The standard InChI is InChI=1S/C25H28N4O4/c1-17-14-23-28(24(30)11-13-29(23)27-17)16-19-4-7-20(8-5-19)25(31)26-12-10-18-6-9-21(32-2)22(15-18)33-3/h4-9,14-15H,10-13,16H2,1-3H3,(H,26,31). The van der Waals surface area contributed by atoms with Crippen LogP contribution in [0.4, 0.5) is 5.82 Å². The number of fused-ring (bicyclic) bond motifs is 1. The van der Waals surface area contributed by atoms with Crippen LogP contribution < -0.4 is 19.7 Å². The van der Waals surface area contributed by atoms with Crippen LogP contribution in [0.1, 0.15) is 33.6 Å². The number of hydrogen-bond donors (Lipinski definition) is 1. The first-order valence-corrected chi connectivity index (χ1v) is 10.9. The minimum Gasteiger partial charge on any atom is -0.493 e. The van der Waals surface area contributed by atoms with Crippen molar-refractivity contribution in [2.24, 2.45) is 0 Å². The van der Waals surface area contributed by atoms with Gasteiger partial charge in [-0.05, 0) is 48.7 Å². The molecule has 2 aromatic carbocycles. The third kappa shape index (κ3) is 5.00. The van der Waals surface area contributed by atoms with Crippen molar-refractivity contribution in [3.05, 3.63) is 70.9 Å². The first kappa shape index (κ1) is 22.4. The number of nitrogens with zero attached hydrogens (tertiary/aromatic N) is 3. The molecule has 8 nitrogen and oxygen atoms in total. The van der Waals surface area contributed by atoms with Crippen molar-refractivity contribution < 1.29 is 19.1 Å². The summed E-state index contributed by atoms with van der Waals surface area (Å²) in [7, 11) is 3.20. The number of ether oxygens (including phenoxy) is 2. The van der Waals surface area contributed by atoms with Crippen LogP contribution in [-0.2, 0) is 24.3 Å². The number of hydrogen-bond acceptors (Lipinski definition) is 5. The number of aromatic nitrogens is 2. The average Bonchev–Trinajstić information content (AvgIpc) is 3.21. The van der Waals surface area contributed by atoms with Gasteiger partial charge in [-0.1, -0.05) is 18.2 Å². The fourth-order valence-electron chi connectivity index (χ4n) is 3.95. The maximum Gasteiger partial charge on any atom is 0.251 e. The smallest absolute Gasteiger partial charge is 0.251 e. The number of carbonyl (C=O) groups excluding carboxylic acids is 2. The Morgan fingerprint density at radius 3 is 2.48 bits per heavy atom. The molecule has 0 saturated carbocycles. The average molecular weight is 449 g/mol. The van der Waals surface area contributed by atoms with E-state index in [1.807, 2.05) is 48.0 Å². The van der Waals surface area contributed by atoms with Gasteiger partial charge in [0.05, 0.1) is 33.0 Å². The van der Waals surface area contributed by atoms with Crippen LogP contribution in [0.5, 0.6) is 11.5 Å². The number of amides is 2. The van der Waals surface area contributed by atoms with Crippen molar-refractivity contribution in [3.8, 4) is 11.5 Å². The van der Waals surface area contributed by atoms with Crippen molar-refractivity contribution in [3.63, 3.8) is 0 Å². The molecule has 3 aromatic rings. The maximum absolute atomic E-state index is 12.5. The van der Waals surface area contributed by atoms with Gasteiger partial charge >= 0.3 is 0 Å². The zero-order valence-corrected chi connectivity index (χ0v) is 19.1. The molecule has 0 fully saturated rings. The van der Waals surface area contributed by atoms with E-state index < -0.39 is 0 Å². The molecule has 1 aromatic heterocycles. The molecule has 1 aliphatic rings. The SMILES string of the molecule is COc1ccc(CCNC(=O)c2ccc(CN3C(=O)CCn4nc(C)cc43)cc2)cc1OC.